The number of benzene rings is 1. The van der Waals surface area contributed by atoms with Crippen LogP contribution in [0.4, 0.5) is 0 Å². The Morgan fingerprint density at radius 2 is 1.84 bits per heavy atom. The molecule has 0 radical (unpaired) electrons. The Labute approximate surface area is 124 Å². The van der Waals surface area contributed by atoms with E-state index < -0.39 is 27.9 Å². The van der Waals surface area contributed by atoms with Crippen molar-refractivity contribution >= 4 is 44.4 Å². The molecule has 2 rings (SSSR count). The van der Waals surface area contributed by atoms with Crippen molar-refractivity contribution in [1.82, 2.24) is 9.62 Å². The normalized spacial score (nSPS) is 21.3. The van der Waals surface area contributed by atoms with Gasteiger partial charge in [0.1, 0.15) is 6.04 Å². The summed E-state index contributed by atoms with van der Waals surface area (Å²) < 4.78 is 26.6. The molecule has 2 amide bonds. The average molecular weight is 394 g/mol. The highest BCUT2D eigenvalue weighted by Gasteiger charge is 2.38. The van der Waals surface area contributed by atoms with Crippen LogP contribution < -0.4 is 5.32 Å². The summed E-state index contributed by atoms with van der Waals surface area (Å²) >= 11 is 2.06. The van der Waals surface area contributed by atoms with Crippen LogP contribution in [0.1, 0.15) is 6.92 Å². The zero-order valence-electron chi connectivity index (χ0n) is 9.96. The lowest BCUT2D eigenvalue weighted by molar-refractivity contribution is -0.136. The Bertz CT molecular complexity index is 627. The van der Waals surface area contributed by atoms with Crippen LogP contribution in [0, 0.1) is 3.57 Å². The Morgan fingerprint density at radius 3 is 2.42 bits per heavy atom. The van der Waals surface area contributed by atoms with E-state index in [0.717, 1.165) is 7.88 Å². The quantitative estimate of drug-likeness (QED) is 0.579. The van der Waals surface area contributed by atoms with Crippen molar-refractivity contribution in [1.29, 1.82) is 0 Å². The molecule has 1 N–H and O–H groups in total. The van der Waals surface area contributed by atoms with Crippen LogP contribution in [0.15, 0.2) is 29.2 Å². The Balaban J connectivity index is 2.41. The van der Waals surface area contributed by atoms with E-state index in [1.165, 1.54) is 19.1 Å². The molecule has 0 aliphatic carbocycles. The molecule has 8 heteroatoms. The van der Waals surface area contributed by atoms with Crippen molar-refractivity contribution in [3.8, 4) is 0 Å². The summed E-state index contributed by atoms with van der Waals surface area (Å²) in [4.78, 5) is 22.9. The molecule has 102 valence electrons. The van der Waals surface area contributed by atoms with Gasteiger partial charge in [0, 0.05) is 3.57 Å². The number of nitrogens with one attached hydrogen (secondary N) is 1. The monoisotopic (exact) mass is 394 g/mol. The highest BCUT2D eigenvalue weighted by atomic mass is 127. The van der Waals surface area contributed by atoms with Gasteiger partial charge in [-0.1, -0.05) is 0 Å². The lowest BCUT2D eigenvalue weighted by Crippen LogP contribution is -2.58. The molecule has 0 saturated carbocycles. The number of hydrogen-bond acceptors (Lipinski definition) is 4. The number of amides is 2. The predicted octanol–water partition coefficient (Wildman–Crippen LogP) is 0.327. The van der Waals surface area contributed by atoms with E-state index in [-0.39, 0.29) is 11.4 Å². The largest absolute Gasteiger partial charge is 0.294 e. The summed E-state index contributed by atoms with van der Waals surface area (Å²) in [7, 11) is -3.85. The van der Waals surface area contributed by atoms with Gasteiger partial charge in [-0.05, 0) is 53.8 Å². The van der Waals surface area contributed by atoms with Gasteiger partial charge in [0.2, 0.25) is 21.8 Å². The van der Waals surface area contributed by atoms with Gasteiger partial charge in [-0.25, -0.2) is 8.42 Å². The van der Waals surface area contributed by atoms with Crippen LogP contribution in [0.25, 0.3) is 0 Å². The van der Waals surface area contributed by atoms with Crippen molar-refractivity contribution in [3.63, 3.8) is 0 Å². The number of carbonyl (C=O) groups is 2. The van der Waals surface area contributed by atoms with Crippen LogP contribution in [0.2, 0.25) is 0 Å². The minimum absolute atomic E-state index is 0.0715. The third kappa shape index (κ3) is 2.79. The molecule has 1 fully saturated rings. The second-order valence-corrected chi connectivity index (χ2v) is 7.23. The second kappa shape index (κ2) is 5.17. The molecule has 1 aromatic carbocycles. The number of carbonyl (C=O) groups excluding carboxylic acids is 2. The maximum Gasteiger partial charge on any atom is 0.244 e. The van der Waals surface area contributed by atoms with Crippen molar-refractivity contribution < 1.29 is 18.0 Å². The summed E-state index contributed by atoms with van der Waals surface area (Å²) in [6.07, 6.45) is 0. The maximum atomic E-state index is 12.4. The number of piperazine rings is 1. The molecule has 6 nitrogen and oxygen atoms in total. The van der Waals surface area contributed by atoms with Crippen LogP contribution in [-0.4, -0.2) is 37.1 Å². The first-order valence-corrected chi connectivity index (χ1v) is 7.95. The molecule has 1 heterocycles. The van der Waals surface area contributed by atoms with Gasteiger partial charge in [-0.15, -0.1) is 0 Å². The van der Waals surface area contributed by atoms with E-state index in [9.17, 15) is 18.0 Å². The fourth-order valence-corrected chi connectivity index (χ4v) is 3.64. The summed E-state index contributed by atoms with van der Waals surface area (Å²) in [5, 5.41) is 2.11. The lowest BCUT2D eigenvalue weighted by Gasteiger charge is -2.30. The summed E-state index contributed by atoms with van der Waals surface area (Å²) in [5.74, 6) is -1.22. The third-order valence-electron chi connectivity index (χ3n) is 2.79. The molecule has 1 atom stereocenters. The van der Waals surface area contributed by atoms with Gasteiger partial charge >= 0.3 is 0 Å². The van der Waals surface area contributed by atoms with E-state index in [1.807, 2.05) is 0 Å². The Hall–Kier alpha value is -1.000. The van der Waals surface area contributed by atoms with E-state index in [0.29, 0.717) is 0 Å². The first-order valence-electron chi connectivity index (χ1n) is 5.43. The molecule has 19 heavy (non-hydrogen) atoms. The number of hydrogen-bond donors (Lipinski definition) is 1. The highest BCUT2D eigenvalue weighted by Crippen LogP contribution is 2.20. The van der Waals surface area contributed by atoms with E-state index in [1.54, 1.807) is 12.1 Å². The molecule has 1 unspecified atom stereocenters. The fraction of sp³-hybridized carbons (Fsp3) is 0.273. The summed E-state index contributed by atoms with van der Waals surface area (Å²) in [5.41, 5.74) is 0. The average Bonchev–Trinajstić information content (AvgIpc) is 2.34. The van der Waals surface area contributed by atoms with Crippen LogP contribution in [0.3, 0.4) is 0 Å². The molecular formula is C11H11IN2O4S. The smallest absolute Gasteiger partial charge is 0.244 e. The predicted molar refractivity (Wildman–Crippen MR) is 75.7 cm³/mol. The third-order valence-corrected chi connectivity index (χ3v) is 5.44. The van der Waals surface area contributed by atoms with Gasteiger partial charge < -0.3 is 0 Å². The van der Waals surface area contributed by atoms with E-state index in [4.69, 9.17) is 0 Å². The lowest BCUT2D eigenvalue weighted by atomic mass is 10.2. The summed E-state index contributed by atoms with van der Waals surface area (Å²) in [6, 6.07) is 5.33. The van der Waals surface area contributed by atoms with Crippen molar-refractivity contribution in [2.24, 2.45) is 0 Å². The number of nitrogens with zero attached hydrogens (tertiary/aromatic N) is 1. The summed E-state index contributed by atoms with van der Waals surface area (Å²) in [6.45, 7) is 1.10. The SMILES string of the molecule is CC1C(=O)NC(=O)CN1S(=O)(=O)c1ccc(I)cc1. The molecule has 0 aromatic heterocycles. The number of halogens is 1. The Kier molecular flexibility index (Phi) is 3.92. The maximum absolute atomic E-state index is 12.4. The van der Waals surface area contributed by atoms with Gasteiger partial charge in [0.15, 0.2) is 0 Å². The first-order chi connectivity index (χ1) is 8.82. The number of rotatable bonds is 2. The second-order valence-electron chi connectivity index (χ2n) is 4.09. The van der Waals surface area contributed by atoms with Crippen molar-refractivity contribution in [2.75, 3.05) is 6.54 Å². The number of imide groups is 1. The van der Waals surface area contributed by atoms with Gasteiger partial charge in [0.25, 0.3) is 0 Å². The molecule has 1 saturated heterocycles. The van der Waals surface area contributed by atoms with E-state index in [2.05, 4.69) is 27.9 Å². The van der Waals surface area contributed by atoms with E-state index >= 15 is 0 Å². The number of sulfonamides is 1. The van der Waals surface area contributed by atoms with Gasteiger partial charge in [-0.2, -0.15) is 4.31 Å². The first kappa shape index (κ1) is 14.4. The molecule has 1 aliphatic rings. The molecule has 0 spiro atoms. The standard InChI is InChI=1S/C11H11IN2O4S/c1-7-11(16)13-10(15)6-14(7)19(17,18)9-4-2-8(12)3-5-9/h2-5,7H,6H2,1H3,(H,13,15,16). The van der Waals surface area contributed by atoms with Crippen molar-refractivity contribution in [3.05, 3.63) is 27.8 Å². The minimum Gasteiger partial charge on any atom is -0.294 e. The zero-order valence-corrected chi connectivity index (χ0v) is 12.9. The Morgan fingerprint density at radius 1 is 1.26 bits per heavy atom. The van der Waals surface area contributed by atoms with Crippen molar-refractivity contribution in [2.45, 2.75) is 17.9 Å². The van der Waals surface area contributed by atoms with Gasteiger partial charge in [-0.3, -0.25) is 14.9 Å². The topological polar surface area (TPSA) is 83.6 Å². The molecule has 1 aromatic rings. The van der Waals surface area contributed by atoms with Crippen LogP contribution >= 0.6 is 22.6 Å². The molecule has 1 aliphatic heterocycles. The fourth-order valence-electron chi connectivity index (χ4n) is 1.73. The minimum atomic E-state index is -3.85. The van der Waals surface area contributed by atoms with Crippen LogP contribution in [0.5, 0.6) is 0 Å². The molecular weight excluding hydrogens is 383 g/mol. The van der Waals surface area contributed by atoms with Gasteiger partial charge in [0.05, 0.1) is 11.4 Å². The zero-order chi connectivity index (χ0) is 14.2. The molecule has 0 bridgehead atoms. The van der Waals surface area contributed by atoms with Crippen LogP contribution in [-0.2, 0) is 19.6 Å². The highest BCUT2D eigenvalue weighted by molar-refractivity contribution is 14.1.